The molecule has 0 aliphatic rings. The maximum atomic E-state index is 10.5. The van der Waals surface area contributed by atoms with Gasteiger partial charge in [0.15, 0.2) is 0 Å². The molecule has 0 saturated heterocycles. The second kappa shape index (κ2) is 5.14. The molecule has 1 aromatic rings. The van der Waals surface area contributed by atoms with E-state index in [0.717, 1.165) is 5.57 Å². The predicted molar refractivity (Wildman–Crippen MR) is 59.3 cm³/mol. The van der Waals surface area contributed by atoms with Crippen molar-refractivity contribution in [2.75, 3.05) is 11.8 Å². The molecule has 0 spiro atoms. The molecule has 0 amide bonds. The van der Waals surface area contributed by atoms with Crippen molar-refractivity contribution in [3.63, 3.8) is 0 Å². The Balaban J connectivity index is 3.07. The zero-order chi connectivity index (χ0) is 11.4. The topological polar surface area (TPSA) is 61.0 Å². The van der Waals surface area contributed by atoms with Crippen LogP contribution >= 0.6 is 23.2 Å². The van der Waals surface area contributed by atoms with Crippen LogP contribution in [0.25, 0.3) is 6.08 Å². The SMILES string of the molecule is Cn1c([N+](=O)[O-])cnc1C=C(CCl)CCl. The molecule has 0 fully saturated rings. The molecule has 0 bridgehead atoms. The van der Waals surface area contributed by atoms with Crippen LogP contribution in [0.4, 0.5) is 5.82 Å². The molecular weight excluding hydrogens is 241 g/mol. The minimum absolute atomic E-state index is 0.0651. The second-order valence-corrected chi connectivity index (χ2v) is 3.40. The average molecular weight is 250 g/mol. The Morgan fingerprint density at radius 2 is 2.27 bits per heavy atom. The van der Waals surface area contributed by atoms with Crippen molar-refractivity contribution in [3.05, 3.63) is 27.7 Å². The van der Waals surface area contributed by atoms with Gasteiger partial charge in [-0.25, -0.2) is 9.55 Å². The van der Waals surface area contributed by atoms with Crippen molar-refractivity contribution in [1.82, 2.24) is 9.55 Å². The molecule has 0 aliphatic carbocycles. The van der Waals surface area contributed by atoms with Crippen molar-refractivity contribution in [3.8, 4) is 0 Å². The van der Waals surface area contributed by atoms with Gasteiger partial charge in [0.2, 0.25) is 5.82 Å². The summed E-state index contributed by atoms with van der Waals surface area (Å²) in [4.78, 5) is 13.9. The van der Waals surface area contributed by atoms with E-state index in [-0.39, 0.29) is 17.6 Å². The van der Waals surface area contributed by atoms with Crippen LogP contribution in [0.2, 0.25) is 0 Å². The second-order valence-electron chi connectivity index (χ2n) is 2.86. The van der Waals surface area contributed by atoms with Crippen LogP contribution in [0.3, 0.4) is 0 Å². The standard InChI is InChI=1S/C8H9Cl2N3O2/c1-12-7(2-6(3-9)4-10)11-5-8(12)13(14)15/h2,5H,3-4H2,1H3. The zero-order valence-electron chi connectivity index (χ0n) is 7.98. The highest BCUT2D eigenvalue weighted by Crippen LogP contribution is 2.15. The number of nitrogens with zero attached hydrogens (tertiary/aromatic N) is 3. The molecule has 0 atom stereocenters. The van der Waals surface area contributed by atoms with E-state index in [4.69, 9.17) is 23.2 Å². The van der Waals surface area contributed by atoms with E-state index in [1.165, 1.54) is 10.8 Å². The fraction of sp³-hybridized carbons (Fsp3) is 0.375. The lowest BCUT2D eigenvalue weighted by Crippen LogP contribution is -1.99. The average Bonchev–Trinajstić information content (AvgIpc) is 2.56. The van der Waals surface area contributed by atoms with Crippen LogP contribution < -0.4 is 0 Å². The number of nitro groups is 1. The highest BCUT2D eigenvalue weighted by atomic mass is 35.5. The van der Waals surface area contributed by atoms with Gasteiger partial charge in [0, 0.05) is 17.8 Å². The molecule has 1 aromatic heterocycles. The van der Waals surface area contributed by atoms with Gasteiger partial charge in [0.25, 0.3) is 0 Å². The molecule has 82 valence electrons. The first-order chi connectivity index (χ1) is 7.10. The van der Waals surface area contributed by atoms with Gasteiger partial charge in [-0.05, 0) is 10.5 Å². The van der Waals surface area contributed by atoms with Gasteiger partial charge in [-0.2, -0.15) is 0 Å². The summed E-state index contributed by atoms with van der Waals surface area (Å²) in [7, 11) is 1.57. The summed E-state index contributed by atoms with van der Waals surface area (Å²) < 4.78 is 1.37. The molecule has 15 heavy (non-hydrogen) atoms. The van der Waals surface area contributed by atoms with Crippen LogP contribution in [-0.2, 0) is 7.05 Å². The van der Waals surface area contributed by atoms with Crippen LogP contribution in [0.5, 0.6) is 0 Å². The quantitative estimate of drug-likeness (QED) is 0.467. The number of aromatic nitrogens is 2. The van der Waals surface area contributed by atoms with Crippen LogP contribution in [0.15, 0.2) is 11.8 Å². The lowest BCUT2D eigenvalue weighted by atomic mass is 10.3. The van der Waals surface area contributed by atoms with E-state index >= 15 is 0 Å². The van der Waals surface area contributed by atoms with Gasteiger partial charge < -0.3 is 10.1 Å². The summed E-state index contributed by atoms with van der Waals surface area (Å²) in [5.74, 6) is 0.969. The van der Waals surface area contributed by atoms with Crippen LogP contribution in [-0.4, -0.2) is 26.2 Å². The fourth-order valence-electron chi connectivity index (χ4n) is 1.01. The van der Waals surface area contributed by atoms with Gasteiger partial charge in [-0.15, -0.1) is 23.2 Å². The Kier molecular flexibility index (Phi) is 4.11. The number of halogens is 2. The third-order valence-electron chi connectivity index (χ3n) is 1.86. The van der Waals surface area contributed by atoms with Gasteiger partial charge in [0.1, 0.15) is 6.20 Å². The Morgan fingerprint density at radius 3 is 2.67 bits per heavy atom. The lowest BCUT2D eigenvalue weighted by Gasteiger charge is -1.97. The smallest absolute Gasteiger partial charge is 0.342 e. The molecule has 0 unspecified atom stereocenters. The third kappa shape index (κ3) is 2.70. The highest BCUT2D eigenvalue weighted by Gasteiger charge is 2.14. The van der Waals surface area contributed by atoms with E-state index in [9.17, 15) is 10.1 Å². The van der Waals surface area contributed by atoms with Crippen LogP contribution in [0.1, 0.15) is 5.82 Å². The maximum absolute atomic E-state index is 10.5. The molecular formula is C8H9Cl2N3O2. The van der Waals surface area contributed by atoms with Crippen LogP contribution in [0, 0.1) is 10.1 Å². The highest BCUT2D eigenvalue weighted by molar-refractivity contribution is 6.23. The van der Waals surface area contributed by atoms with E-state index in [1.54, 1.807) is 13.1 Å². The normalized spacial score (nSPS) is 10.1. The third-order valence-corrected chi connectivity index (χ3v) is 2.55. The van der Waals surface area contributed by atoms with Crippen molar-refractivity contribution in [2.45, 2.75) is 0 Å². The largest absolute Gasteiger partial charge is 0.358 e. The first-order valence-electron chi connectivity index (χ1n) is 4.07. The Bertz CT molecular complexity index is 395. The Morgan fingerprint density at radius 1 is 1.67 bits per heavy atom. The Hall–Kier alpha value is -1.07. The fourth-order valence-corrected chi connectivity index (χ4v) is 1.45. The lowest BCUT2D eigenvalue weighted by molar-refractivity contribution is -0.391. The molecule has 1 rings (SSSR count). The molecule has 0 N–H and O–H groups in total. The summed E-state index contributed by atoms with van der Waals surface area (Å²) in [6.07, 6.45) is 2.85. The molecule has 0 radical (unpaired) electrons. The molecule has 0 aromatic carbocycles. The summed E-state index contributed by atoms with van der Waals surface area (Å²) in [5, 5.41) is 10.5. The summed E-state index contributed by atoms with van der Waals surface area (Å²) in [6, 6.07) is 0. The van der Waals surface area contributed by atoms with Crippen molar-refractivity contribution < 1.29 is 4.92 Å². The number of imidazole rings is 1. The van der Waals surface area contributed by atoms with E-state index in [2.05, 4.69) is 4.98 Å². The first kappa shape index (κ1) is 12.0. The monoisotopic (exact) mass is 249 g/mol. The number of hydrogen-bond donors (Lipinski definition) is 0. The molecule has 0 saturated carbocycles. The zero-order valence-corrected chi connectivity index (χ0v) is 9.49. The summed E-state index contributed by atoms with van der Waals surface area (Å²) in [5.41, 5.74) is 0.766. The minimum atomic E-state index is -0.495. The number of alkyl halides is 2. The predicted octanol–water partition coefficient (Wildman–Crippen LogP) is 2.19. The number of rotatable bonds is 4. The first-order valence-corrected chi connectivity index (χ1v) is 5.14. The van der Waals surface area contributed by atoms with E-state index in [0.29, 0.717) is 5.82 Å². The minimum Gasteiger partial charge on any atom is -0.358 e. The van der Waals surface area contributed by atoms with Gasteiger partial charge in [-0.3, -0.25) is 0 Å². The van der Waals surface area contributed by atoms with Crippen molar-refractivity contribution in [1.29, 1.82) is 0 Å². The summed E-state index contributed by atoms with van der Waals surface area (Å²) >= 11 is 11.2. The molecule has 1 heterocycles. The van der Waals surface area contributed by atoms with E-state index < -0.39 is 4.92 Å². The number of allylic oxidation sites excluding steroid dienone is 1. The number of hydrogen-bond acceptors (Lipinski definition) is 3. The molecule has 5 nitrogen and oxygen atoms in total. The van der Waals surface area contributed by atoms with Gasteiger partial charge >= 0.3 is 5.82 Å². The Labute approximate surface area is 96.5 Å². The molecule has 0 aliphatic heterocycles. The summed E-state index contributed by atoms with van der Waals surface area (Å²) in [6.45, 7) is 0. The van der Waals surface area contributed by atoms with Gasteiger partial charge in [0.05, 0.1) is 7.05 Å². The maximum Gasteiger partial charge on any atom is 0.342 e. The van der Waals surface area contributed by atoms with Crippen molar-refractivity contribution >= 4 is 35.1 Å². The van der Waals surface area contributed by atoms with E-state index in [1.807, 2.05) is 0 Å². The molecule has 7 heteroatoms. The van der Waals surface area contributed by atoms with Crippen molar-refractivity contribution in [2.24, 2.45) is 7.05 Å². The van der Waals surface area contributed by atoms with Gasteiger partial charge in [-0.1, -0.05) is 0 Å².